The smallest absolute Gasteiger partial charge is 0.0219 e. The maximum absolute atomic E-state index is 3.91. The van der Waals surface area contributed by atoms with Gasteiger partial charge in [0.15, 0.2) is 0 Å². The van der Waals surface area contributed by atoms with Crippen molar-refractivity contribution in [2.75, 3.05) is 13.1 Å². The van der Waals surface area contributed by atoms with Crippen molar-refractivity contribution < 1.29 is 0 Å². The van der Waals surface area contributed by atoms with Gasteiger partial charge in [0.05, 0.1) is 0 Å². The number of hydrogen-bond acceptors (Lipinski definition) is 3. The Morgan fingerprint density at radius 1 is 1.25 bits per heavy atom. The number of hydrogen-bond donors (Lipinski definition) is 1. The third-order valence-electron chi connectivity index (χ3n) is 5.32. The standard InChI is InChI=1S/C17H28N2S/c1-12(2)19-8-14-5-4-6-15(9-19)17(14)18-7-16-11-20-10-13(16)3/h10-12,14-15,17-18H,4-9H2,1-3H3. The zero-order valence-electron chi connectivity index (χ0n) is 13.1. The summed E-state index contributed by atoms with van der Waals surface area (Å²) in [6.07, 6.45) is 4.27. The van der Waals surface area contributed by atoms with Crippen molar-refractivity contribution in [2.24, 2.45) is 11.8 Å². The number of piperidine rings is 1. The van der Waals surface area contributed by atoms with Crippen molar-refractivity contribution in [3.8, 4) is 0 Å². The van der Waals surface area contributed by atoms with E-state index in [0.717, 1.165) is 24.4 Å². The van der Waals surface area contributed by atoms with Gasteiger partial charge in [0.25, 0.3) is 0 Å². The molecular weight excluding hydrogens is 264 g/mol. The van der Waals surface area contributed by atoms with Crippen LogP contribution in [0.1, 0.15) is 44.2 Å². The van der Waals surface area contributed by atoms with Crippen LogP contribution in [0.4, 0.5) is 0 Å². The summed E-state index contributed by atoms with van der Waals surface area (Å²) >= 11 is 1.83. The molecule has 0 aromatic carbocycles. The summed E-state index contributed by atoms with van der Waals surface area (Å²) in [5, 5.41) is 8.48. The summed E-state index contributed by atoms with van der Waals surface area (Å²) in [6.45, 7) is 10.6. The maximum atomic E-state index is 3.91. The van der Waals surface area contributed by atoms with Crippen molar-refractivity contribution in [3.05, 3.63) is 21.9 Å². The molecule has 0 spiro atoms. The lowest BCUT2D eigenvalue weighted by molar-refractivity contribution is 0.0290. The molecule has 3 heteroatoms. The molecular formula is C17H28N2S. The number of thiophene rings is 1. The van der Waals surface area contributed by atoms with Gasteiger partial charge in [-0.25, -0.2) is 0 Å². The molecule has 1 saturated carbocycles. The molecule has 1 N–H and O–H groups in total. The number of nitrogens with one attached hydrogen (secondary N) is 1. The van der Waals surface area contributed by atoms with E-state index in [2.05, 4.69) is 41.7 Å². The Morgan fingerprint density at radius 2 is 1.95 bits per heavy atom. The minimum absolute atomic E-state index is 0.707. The van der Waals surface area contributed by atoms with Gasteiger partial charge in [0.2, 0.25) is 0 Å². The number of aryl methyl sites for hydroxylation is 1. The van der Waals surface area contributed by atoms with E-state index in [1.54, 1.807) is 0 Å². The van der Waals surface area contributed by atoms with Gasteiger partial charge in [-0.1, -0.05) is 6.42 Å². The number of fused-ring (bicyclic) bond motifs is 2. The lowest BCUT2D eigenvalue weighted by Gasteiger charge is -2.49. The lowest BCUT2D eigenvalue weighted by Crippen LogP contribution is -2.58. The summed E-state index contributed by atoms with van der Waals surface area (Å²) in [6, 6.07) is 1.45. The average Bonchev–Trinajstić information content (AvgIpc) is 2.80. The van der Waals surface area contributed by atoms with Crippen LogP contribution in [0.2, 0.25) is 0 Å². The van der Waals surface area contributed by atoms with E-state index in [-0.39, 0.29) is 0 Å². The SMILES string of the molecule is Cc1cscc1CNC1C2CCCC1CN(C(C)C)C2. The highest BCUT2D eigenvalue weighted by molar-refractivity contribution is 7.08. The molecule has 3 rings (SSSR count). The van der Waals surface area contributed by atoms with Crippen molar-refractivity contribution in [1.82, 2.24) is 10.2 Å². The molecule has 112 valence electrons. The second-order valence-corrected chi connectivity index (χ2v) is 7.73. The molecule has 1 aromatic rings. The number of rotatable bonds is 4. The normalized spacial score (nSPS) is 30.9. The highest BCUT2D eigenvalue weighted by Gasteiger charge is 2.39. The van der Waals surface area contributed by atoms with Gasteiger partial charge in [-0.3, -0.25) is 0 Å². The van der Waals surface area contributed by atoms with Crippen LogP contribution in [-0.2, 0) is 6.54 Å². The van der Waals surface area contributed by atoms with Crippen LogP contribution in [-0.4, -0.2) is 30.1 Å². The minimum Gasteiger partial charge on any atom is -0.309 e. The highest BCUT2D eigenvalue weighted by atomic mass is 32.1. The third kappa shape index (κ3) is 2.95. The van der Waals surface area contributed by atoms with Crippen LogP contribution in [0.15, 0.2) is 10.8 Å². The number of likely N-dealkylation sites (tertiary alicyclic amines) is 1. The molecule has 2 nitrogen and oxygen atoms in total. The zero-order valence-corrected chi connectivity index (χ0v) is 13.9. The Balaban J connectivity index is 1.63. The largest absolute Gasteiger partial charge is 0.309 e. The Kier molecular flexibility index (Phi) is 4.49. The molecule has 1 aliphatic heterocycles. The van der Waals surface area contributed by atoms with Gasteiger partial charge in [0, 0.05) is 31.7 Å². The fourth-order valence-corrected chi connectivity index (χ4v) is 4.88. The first-order chi connectivity index (χ1) is 9.65. The fraction of sp³-hybridized carbons (Fsp3) is 0.765. The summed E-state index contributed by atoms with van der Waals surface area (Å²) in [5.41, 5.74) is 2.95. The molecule has 0 radical (unpaired) electrons. The molecule has 1 saturated heterocycles. The third-order valence-corrected chi connectivity index (χ3v) is 6.23. The van der Waals surface area contributed by atoms with Gasteiger partial charge in [-0.05, 0) is 67.3 Å². The molecule has 2 atom stereocenters. The van der Waals surface area contributed by atoms with Crippen molar-refractivity contribution in [2.45, 2.75) is 58.7 Å². The number of nitrogens with zero attached hydrogens (tertiary/aromatic N) is 1. The lowest BCUT2D eigenvalue weighted by atomic mass is 9.73. The van der Waals surface area contributed by atoms with E-state index in [1.165, 1.54) is 43.5 Å². The minimum atomic E-state index is 0.707. The topological polar surface area (TPSA) is 15.3 Å². The molecule has 1 aromatic heterocycles. The molecule has 2 bridgehead atoms. The van der Waals surface area contributed by atoms with Crippen molar-refractivity contribution >= 4 is 11.3 Å². The molecule has 1 aliphatic carbocycles. The average molecular weight is 292 g/mol. The molecule has 2 heterocycles. The quantitative estimate of drug-likeness (QED) is 0.911. The van der Waals surface area contributed by atoms with Crippen LogP contribution in [0.5, 0.6) is 0 Å². The first-order valence-electron chi connectivity index (χ1n) is 8.14. The second-order valence-electron chi connectivity index (χ2n) is 6.99. The fourth-order valence-electron chi connectivity index (χ4n) is 4.02. The summed E-state index contributed by atoms with van der Waals surface area (Å²) in [7, 11) is 0. The molecule has 2 aliphatic rings. The molecule has 2 fully saturated rings. The van der Waals surface area contributed by atoms with E-state index in [9.17, 15) is 0 Å². The Bertz CT molecular complexity index is 426. The Morgan fingerprint density at radius 3 is 2.50 bits per heavy atom. The van der Waals surface area contributed by atoms with Gasteiger partial charge in [0.1, 0.15) is 0 Å². The van der Waals surface area contributed by atoms with E-state index in [1.807, 2.05) is 11.3 Å². The maximum Gasteiger partial charge on any atom is 0.0219 e. The van der Waals surface area contributed by atoms with Crippen molar-refractivity contribution in [3.63, 3.8) is 0 Å². The van der Waals surface area contributed by atoms with Crippen LogP contribution in [0.25, 0.3) is 0 Å². The van der Waals surface area contributed by atoms with Gasteiger partial charge in [-0.15, -0.1) is 0 Å². The predicted molar refractivity (Wildman–Crippen MR) is 87.2 cm³/mol. The summed E-state index contributed by atoms with van der Waals surface area (Å²) < 4.78 is 0. The van der Waals surface area contributed by atoms with Crippen LogP contribution in [0, 0.1) is 18.8 Å². The Labute approximate surface area is 127 Å². The van der Waals surface area contributed by atoms with E-state index in [0.29, 0.717) is 6.04 Å². The monoisotopic (exact) mass is 292 g/mol. The highest BCUT2D eigenvalue weighted by Crippen LogP contribution is 2.35. The van der Waals surface area contributed by atoms with E-state index in [4.69, 9.17) is 0 Å². The van der Waals surface area contributed by atoms with Crippen LogP contribution in [0.3, 0.4) is 0 Å². The summed E-state index contributed by atoms with van der Waals surface area (Å²) in [5.74, 6) is 1.73. The second kappa shape index (κ2) is 6.17. The van der Waals surface area contributed by atoms with Crippen LogP contribution >= 0.6 is 11.3 Å². The zero-order chi connectivity index (χ0) is 14.1. The van der Waals surface area contributed by atoms with Crippen LogP contribution < -0.4 is 5.32 Å². The van der Waals surface area contributed by atoms with Gasteiger partial charge < -0.3 is 10.2 Å². The van der Waals surface area contributed by atoms with E-state index >= 15 is 0 Å². The first kappa shape index (κ1) is 14.6. The molecule has 20 heavy (non-hydrogen) atoms. The predicted octanol–water partition coefficient (Wildman–Crippen LogP) is 3.66. The first-order valence-corrected chi connectivity index (χ1v) is 9.08. The molecule has 0 amide bonds. The van der Waals surface area contributed by atoms with E-state index < -0.39 is 0 Å². The molecule has 2 unspecified atom stereocenters. The summed E-state index contributed by atoms with van der Waals surface area (Å²) in [4.78, 5) is 2.70. The Hall–Kier alpha value is -0.380. The van der Waals surface area contributed by atoms with Gasteiger partial charge in [-0.2, -0.15) is 11.3 Å². The van der Waals surface area contributed by atoms with Gasteiger partial charge >= 0.3 is 0 Å². The van der Waals surface area contributed by atoms with Crippen molar-refractivity contribution in [1.29, 1.82) is 0 Å².